The van der Waals surface area contributed by atoms with Gasteiger partial charge in [-0.1, -0.05) is 23.9 Å². The summed E-state index contributed by atoms with van der Waals surface area (Å²) in [6, 6.07) is 6.81. The average molecular weight is 233 g/mol. The number of para-hydroxylation sites is 1. The van der Waals surface area contributed by atoms with Crippen molar-refractivity contribution < 1.29 is 13.9 Å². The lowest BCUT2D eigenvalue weighted by Gasteiger charge is -2.12. The van der Waals surface area contributed by atoms with Gasteiger partial charge in [-0.2, -0.15) is 8.78 Å². The molecule has 0 aromatic heterocycles. The SMILES string of the molecule is C[C@@H](O)CNc1ccccc1SC(F)F. The Bertz CT molecular complexity index is 307. The zero-order valence-corrected chi connectivity index (χ0v) is 9.10. The second-order valence-electron chi connectivity index (χ2n) is 3.10. The van der Waals surface area contributed by atoms with Gasteiger partial charge in [0, 0.05) is 17.1 Å². The predicted molar refractivity (Wildman–Crippen MR) is 58.5 cm³/mol. The number of rotatable bonds is 5. The van der Waals surface area contributed by atoms with E-state index in [4.69, 9.17) is 5.11 Å². The van der Waals surface area contributed by atoms with Crippen LogP contribution in [0.1, 0.15) is 6.92 Å². The first-order valence-corrected chi connectivity index (χ1v) is 5.43. The molecule has 5 heteroatoms. The van der Waals surface area contributed by atoms with Crippen LogP contribution in [0, 0.1) is 0 Å². The van der Waals surface area contributed by atoms with Crippen molar-refractivity contribution in [1.82, 2.24) is 0 Å². The van der Waals surface area contributed by atoms with E-state index in [1.54, 1.807) is 31.2 Å². The van der Waals surface area contributed by atoms with E-state index in [1.165, 1.54) is 0 Å². The van der Waals surface area contributed by atoms with Crippen molar-refractivity contribution in [2.45, 2.75) is 23.7 Å². The summed E-state index contributed by atoms with van der Waals surface area (Å²) in [6.07, 6.45) is -0.505. The molecule has 0 aliphatic heterocycles. The number of benzene rings is 1. The summed E-state index contributed by atoms with van der Waals surface area (Å²) in [5, 5.41) is 12.0. The smallest absolute Gasteiger partial charge is 0.288 e. The first kappa shape index (κ1) is 12.3. The van der Waals surface area contributed by atoms with Gasteiger partial charge in [-0.15, -0.1) is 0 Å². The molecule has 1 atom stereocenters. The van der Waals surface area contributed by atoms with Crippen molar-refractivity contribution in [3.05, 3.63) is 24.3 Å². The van der Waals surface area contributed by atoms with Gasteiger partial charge in [-0.25, -0.2) is 0 Å². The minimum atomic E-state index is -2.43. The molecule has 2 N–H and O–H groups in total. The number of nitrogens with one attached hydrogen (secondary N) is 1. The predicted octanol–water partition coefficient (Wildman–Crippen LogP) is 2.79. The maximum Gasteiger partial charge on any atom is 0.288 e. The second-order valence-corrected chi connectivity index (χ2v) is 4.14. The molecule has 0 amide bonds. The van der Waals surface area contributed by atoms with E-state index in [1.807, 2.05) is 0 Å². The Morgan fingerprint density at radius 1 is 1.40 bits per heavy atom. The zero-order valence-electron chi connectivity index (χ0n) is 8.28. The van der Waals surface area contributed by atoms with Crippen LogP contribution in [0.15, 0.2) is 29.2 Å². The largest absolute Gasteiger partial charge is 0.392 e. The van der Waals surface area contributed by atoms with Crippen LogP contribution in [0.2, 0.25) is 0 Å². The summed E-state index contributed by atoms with van der Waals surface area (Å²) in [5.74, 6) is -2.43. The van der Waals surface area contributed by atoms with Crippen molar-refractivity contribution in [1.29, 1.82) is 0 Å². The van der Waals surface area contributed by atoms with E-state index in [9.17, 15) is 8.78 Å². The molecule has 0 spiro atoms. The molecule has 15 heavy (non-hydrogen) atoms. The number of halogens is 2. The molecule has 0 unspecified atom stereocenters. The Morgan fingerprint density at radius 3 is 2.67 bits per heavy atom. The molecule has 0 aliphatic carbocycles. The standard InChI is InChI=1S/C10H13F2NOS/c1-7(14)6-13-8-4-2-3-5-9(8)15-10(11)12/h2-5,7,10,13-14H,6H2,1H3/t7-/m1/s1. The number of alkyl halides is 2. The Morgan fingerprint density at radius 2 is 2.07 bits per heavy atom. The molecule has 0 saturated carbocycles. The van der Waals surface area contributed by atoms with Crippen molar-refractivity contribution in [3.63, 3.8) is 0 Å². The number of hydrogen-bond acceptors (Lipinski definition) is 3. The molecule has 0 saturated heterocycles. The summed E-state index contributed by atoms with van der Waals surface area (Å²) in [7, 11) is 0. The van der Waals surface area contributed by atoms with Gasteiger partial charge in [0.2, 0.25) is 0 Å². The Labute approximate surface area is 91.7 Å². The van der Waals surface area contributed by atoms with Crippen LogP contribution in [0.4, 0.5) is 14.5 Å². The monoisotopic (exact) mass is 233 g/mol. The van der Waals surface area contributed by atoms with Crippen molar-refractivity contribution >= 4 is 17.4 Å². The lowest BCUT2D eigenvalue weighted by Crippen LogP contribution is -2.15. The van der Waals surface area contributed by atoms with Gasteiger partial charge in [-0.3, -0.25) is 0 Å². The van der Waals surface area contributed by atoms with Crippen molar-refractivity contribution in [2.24, 2.45) is 0 Å². The fourth-order valence-corrected chi connectivity index (χ4v) is 1.69. The summed E-state index contributed by atoms with van der Waals surface area (Å²) in [5.41, 5.74) is 0.628. The molecular formula is C10H13F2NOS. The fraction of sp³-hybridized carbons (Fsp3) is 0.400. The first-order chi connectivity index (χ1) is 7.09. The van der Waals surface area contributed by atoms with Gasteiger partial charge in [0.05, 0.1) is 6.10 Å². The molecule has 1 aromatic rings. The molecule has 1 rings (SSSR count). The van der Waals surface area contributed by atoms with Crippen LogP contribution >= 0.6 is 11.8 Å². The summed E-state index contributed by atoms with van der Waals surface area (Å²) >= 11 is 0.499. The highest BCUT2D eigenvalue weighted by Gasteiger charge is 2.09. The Kier molecular flexibility index (Phi) is 4.84. The Balaban J connectivity index is 2.68. The van der Waals surface area contributed by atoms with E-state index in [-0.39, 0.29) is 0 Å². The van der Waals surface area contributed by atoms with Crippen LogP contribution in [-0.4, -0.2) is 23.5 Å². The molecule has 2 nitrogen and oxygen atoms in total. The highest BCUT2D eigenvalue weighted by atomic mass is 32.2. The van der Waals surface area contributed by atoms with E-state index < -0.39 is 11.9 Å². The quantitative estimate of drug-likeness (QED) is 0.767. The molecule has 84 valence electrons. The number of hydrogen-bond donors (Lipinski definition) is 2. The van der Waals surface area contributed by atoms with Crippen LogP contribution in [0.5, 0.6) is 0 Å². The number of aliphatic hydroxyl groups is 1. The lowest BCUT2D eigenvalue weighted by molar-refractivity contribution is 0.208. The minimum Gasteiger partial charge on any atom is -0.392 e. The molecule has 0 fully saturated rings. The van der Waals surface area contributed by atoms with Gasteiger partial charge < -0.3 is 10.4 Å². The highest BCUT2D eigenvalue weighted by Crippen LogP contribution is 2.31. The van der Waals surface area contributed by atoms with Crippen molar-refractivity contribution in [3.8, 4) is 0 Å². The average Bonchev–Trinajstić information content (AvgIpc) is 2.15. The van der Waals surface area contributed by atoms with Gasteiger partial charge in [0.1, 0.15) is 0 Å². The summed E-state index contributed by atoms with van der Waals surface area (Å²) in [4.78, 5) is 0.494. The van der Waals surface area contributed by atoms with E-state index in [0.29, 0.717) is 28.9 Å². The topological polar surface area (TPSA) is 32.3 Å². The maximum atomic E-state index is 12.2. The number of thioether (sulfide) groups is 1. The number of aliphatic hydroxyl groups excluding tert-OH is 1. The summed E-state index contributed by atoms with van der Waals surface area (Å²) in [6.45, 7) is 1.98. The van der Waals surface area contributed by atoms with E-state index in [0.717, 1.165) is 0 Å². The van der Waals surface area contributed by atoms with Crippen LogP contribution in [0.3, 0.4) is 0 Å². The third-order valence-electron chi connectivity index (χ3n) is 1.69. The zero-order chi connectivity index (χ0) is 11.3. The minimum absolute atomic E-state index is 0.348. The lowest BCUT2D eigenvalue weighted by atomic mass is 10.3. The first-order valence-electron chi connectivity index (χ1n) is 4.55. The third kappa shape index (κ3) is 4.48. The molecular weight excluding hydrogens is 220 g/mol. The molecule has 0 aliphatic rings. The van der Waals surface area contributed by atoms with Crippen LogP contribution in [-0.2, 0) is 0 Å². The normalized spacial score (nSPS) is 12.9. The van der Waals surface area contributed by atoms with Gasteiger partial charge >= 0.3 is 0 Å². The fourth-order valence-electron chi connectivity index (χ4n) is 1.07. The maximum absolute atomic E-state index is 12.2. The van der Waals surface area contributed by atoms with E-state index in [2.05, 4.69) is 5.32 Å². The van der Waals surface area contributed by atoms with Crippen molar-refractivity contribution in [2.75, 3.05) is 11.9 Å². The highest BCUT2D eigenvalue weighted by molar-refractivity contribution is 7.99. The molecule has 0 radical (unpaired) electrons. The Hall–Kier alpha value is -0.810. The number of anilines is 1. The van der Waals surface area contributed by atoms with Gasteiger partial charge in [0.15, 0.2) is 0 Å². The van der Waals surface area contributed by atoms with Crippen LogP contribution in [0.25, 0.3) is 0 Å². The molecule has 0 heterocycles. The second kappa shape index (κ2) is 5.92. The summed E-state index contributed by atoms with van der Waals surface area (Å²) < 4.78 is 24.4. The van der Waals surface area contributed by atoms with Gasteiger partial charge in [0.25, 0.3) is 5.76 Å². The molecule has 0 bridgehead atoms. The third-order valence-corrected chi connectivity index (χ3v) is 2.48. The van der Waals surface area contributed by atoms with Gasteiger partial charge in [-0.05, 0) is 19.1 Å². The van der Waals surface area contributed by atoms with E-state index >= 15 is 0 Å². The van der Waals surface area contributed by atoms with Crippen LogP contribution < -0.4 is 5.32 Å². The molecule has 1 aromatic carbocycles.